The monoisotopic (exact) mass is 386 g/mol. The molecule has 0 aliphatic carbocycles. The van der Waals surface area contributed by atoms with E-state index in [0.29, 0.717) is 17.2 Å². The zero-order chi connectivity index (χ0) is 17.4. The Kier molecular flexibility index (Phi) is 6.41. The SMILES string of the molecule is COc1cc(/C=C/C(=O)Nc2ccccc2Br)ccc1OCC#N. The highest BCUT2D eigenvalue weighted by Gasteiger charge is 2.05. The predicted molar refractivity (Wildman–Crippen MR) is 95.9 cm³/mol. The van der Waals surface area contributed by atoms with Gasteiger partial charge in [0.15, 0.2) is 18.1 Å². The van der Waals surface area contributed by atoms with Gasteiger partial charge in [-0.05, 0) is 51.8 Å². The Morgan fingerprint density at radius 2 is 2.08 bits per heavy atom. The van der Waals surface area contributed by atoms with E-state index in [9.17, 15) is 4.79 Å². The van der Waals surface area contributed by atoms with E-state index in [2.05, 4.69) is 21.2 Å². The van der Waals surface area contributed by atoms with Crippen molar-refractivity contribution in [1.82, 2.24) is 0 Å². The fraction of sp³-hybridized carbons (Fsp3) is 0.111. The van der Waals surface area contributed by atoms with E-state index in [4.69, 9.17) is 14.7 Å². The van der Waals surface area contributed by atoms with Gasteiger partial charge >= 0.3 is 0 Å². The van der Waals surface area contributed by atoms with Gasteiger partial charge in [0.25, 0.3) is 0 Å². The van der Waals surface area contributed by atoms with Crippen molar-refractivity contribution in [2.45, 2.75) is 0 Å². The number of amides is 1. The minimum absolute atomic E-state index is 0.0556. The van der Waals surface area contributed by atoms with E-state index in [1.807, 2.05) is 24.3 Å². The van der Waals surface area contributed by atoms with Crippen molar-refractivity contribution in [3.8, 4) is 17.6 Å². The van der Waals surface area contributed by atoms with E-state index in [-0.39, 0.29) is 12.5 Å². The summed E-state index contributed by atoms with van der Waals surface area (Å²) >= 11 is 3.38. The number of para-hydroxylation sites is 1. The number of hydrogen-bond acceptors (Lipinski definition) is 4. The normalized spacial score (nSPS) is 10.2. The number of carbonyl (C=O) groups excluding carboxylic acids is 1. The molecule has 0 bridgehead atoms. The summed E-state index contributed by atoms with van der Waals surface area (Å²) in [6, 6.07) is 14.5. The van der Waals surface area contributed by atoms with Crippen LogP contribution in [0.4, 0.5) is 5.69 Å². The van der Waals surface area contributed by atoms with Crippen molar-refractivity contribution in [3.63, 3.8) is 0 Å². The molecule has 0 atom stereocenters. The van der Waals surface area contributed by atoms with Crippen LogP contribution in [0, 0.1) is 11.3 Å². The summed E-state index contributed by atoms with van der Waals surface area (Å²) in [5, 5.41) is 11.3. The fourth-order valence-corrected chi connectivity index (χ4v) is 2.31. The fourth-order valence-electron chi connectivity index (χ4n) is 1.93. The Hall–Kier alpha value is -2.78. The van der Waals surface area contributed by atoms with E-state index < -0.39 is 0 Å². The molecule has 0 aliphatic heterocycles. The number of hydrogen-bond donors (Lipinski definition) is 1. The van der Waals surface area contributed by atoms with Crippen LogP contribution in [0.25, 0.3) is 6.08 Å². The molecule has 2 aromatic rings. The third-order valence-corrected chi connectivity index (χ3v) is 3.73. The molecule has 0 aliphatic rings. The molecule has 0 saturated heterocycles. The van der Waals surface area contributed by atoms with Gasteiger partial charge in [0.1, 0.15) is 6.07 Å². The molecule has 2 rings (SSSR count). The summed E-state index contributed by atoms with van der Waals surface area (Å²) in [5.74, 6) is 0.734. The molecular weight excluding hydrogens is 372 g/mol. The van der Waals surface area contributed by atoms with E-state index >= 15 is 0 Å². The maximum absolute atomic E-state index is 12.0. The molecule has 0 aromatic heterocycles. The number of carbonyl (C=O) groups is 1. The van der Waals surface area contributed by atoms with Crippen LogP contribution in [0.5, 0.6) is 11.5 Å². The first-order valence-corrected chi connectivity index (χ1v) is 7.84. The standard InChI is InChI=1S/C18H15BrN2O3/c1-23-17-12-13(6-8-16(17)24-11-10-20)7-9-18(22)21-15-5-3-2-4-14(15)19/h2-9,12H,11H2,1H3,(H,21,22)/b9-7+. The Bertz CT molecular complexity index is 797. The molecule has 0 unspecified atom stereocenters. The lowest BCUT2D eigenvalue weighted by molar-refractivity contribution is -0.111. The molecule has 24 heavy (non-hydrogen) atoms. The zero-order valence-corrected chi connectivity index (χ0v) is 14.5. The summed E-state index contributed by atoms with van der Waals surface area (Å²) < 4.78 is 11.3. The highest BCUT2D eigenvalue weighted by atomic mass is 79.9. The quantitative estimate of drug-likeness (QED) is 0.761. The topological polar surface area (TPSA) is 71.3 Å². The Morgan fingerprint density at radius 3 is 2.79 bits per heavy atom. The van der Waals surface area contributed by atoms with Crippen LogP contribution in [0.1, 0.15) is 5.56 Å². The molecule has 0 saturated carbocycles. The molecule has 2 aromatic carbocycles. The van der Waals surface area contributed by atoms with E-state index in [1.54, 1.807) is 30.3 Å². The van der Waals surface area contributed by atoms with Gasteiger partial charge in [-0.2, -0.15) is 5.26 Å². The van der Waals surface area contributed by atoms with Gasteiger partial charge in [-0.3, -0.25) is 4.79 Å². The molecule has 0 fully saturated rings. The first-order valence-electron chi connectivity index (χ1n) is 7.05. The number of methoxy groups -OCH3 is 1. The van der Waals surface area contributed by atoms with Gasteiger partial charge < -0.3 is 14.8 Å². The van der Waals surface area contributed by atoms with E-state index in [0.717, 1.165) is 10.0 Å². The second-order valence-electron chi connectivity index (χ2n) is 4.66. The van der Waals surface area contributed by atoms with Gasteiger partial charge in [0.05, 0.1) is 12.8 Å². The molecule has 6 heteroatoms. The Labute approximate surface area is 148 Å². The number of nitrogens with zero attached hydrogens (tertiary/aromatic N) is 1. The van der Waals surface area contributed by atoms with Crippen LogP contribution in [-0.2, 0) is 4.79 Å². The summed E-state index contributed by atoms with van der Waals surface area (Å²) in [6.07, 6.45) is 3.10. The average molecular weight is 387 g/mol. The zero-order valence-electron chi connectivity index (χ0n) is 13.0. The van der Waals surface area contributed by atoms with Crippen molar-refractivity contribution < 1.29 is 14.3 Å². The maximum Gasteiger partial charge on any atom is 0.248 e. The molecular formula is C18H15BrN2O3. The van der Waals surface area contributed by atoms with Crippen molar-refractivity contribution in [3.05, 3.63) is 58.6 Å². The number of halogens is 1. The molecule has 0 spiro atoms. The molecule has 0 radical (unpaired) electrons. The summed E-state index contributed by atoms with van der Waals surface area (Å²) in [4.78, 5) is 12.0. The van der Waals surface area contributed by atoms with Crippen molar-refractivity contribution >= 4 is 33.6 Å². The number of nitrogens with one attached hydrogen (secondary N) is 1. The first-order chi connectivity index (χ1) is 11.6. The first kappa shape index (κ1) is 17.6. The average Bonchev–Trinajstić information content (AvgIpc) is 2.60. The minimum atomic E-state index is -0.245. The van der Waals surface area contributed by atoms with Gasteiger partial charge in [-0.15, -0.1) is 0 Å². The summed E-state index contributed by atoms with van der Waals surface area (Å²) in [5.41, 5.74) is 1.48. The summed E-state index contributed by atoms with van der Waals surface area (Å²) in [7, 11) is 1.52. The van der Waals surface area contributed by atoms with E-state index in [1.165, 1.54) is 13.2 Å². The summed E-state index contributed by atoms with van der Waals surface area (Å²) in [6.45, 7) is -0.0556. The second-order valence-corrected chi connectivity index (χ2v) is 5.51. The van der Waals surface area contributed by atoms with Crippen LogP contribution in [-0.4, -0.2) is 19.6 Å². The number of nitriles is 1. The van der Waals surface area contributed by atoms with Crippen LogP contribution in [0.15, 0.2) is 53.0 Å². The van der Waals surface area contributed by atoms with Crippen molar-refractivity contribution in [1.29, 1.82) is 5.26 Å². The van der Waals surface area contributed by atoms with Crippen molar-refractivity contribution in [2.24, 2.45) is 0 Å². The van der Waals surface area contributed by atoms with Crippen molar-refractivity contribution in [2.75, 3.05) is 19.0 Å². The lowest BCUT2D eigenvalue weighted by Crippen LogP contribution is -2.08. The highest BCUT2D eigenvalue weighted by Crippen LogP contribution is 2.28. The molecule has 122 valence electrons. The van der Waals surface area contributed by atoms with Crippen LogP contribution < -0.4 is 14.8 Å². The van der Waals surface area contributed by atoms with Crippen LogP contribution >= 0.6 is 15.9 Å². The molecule has 1 N–H and O–H groups in total. The maximum atomic E-state index is 12.0. The lowest BCUT2D eigenvalue weighted by atomic mass is 10.2. The van der Waals surface area contributed by atoms with Crippen LogP contribution in [0.3, 0.4) is 0 Å². The van der Waals surface area contributed by atoms with Gasteiger partial charge in [-0.25, -0.2) is 0 Å². The Morgan fingerprint density at radius 1 is 1.29 bits per heavy atom. The number of rotatable bonds is 6. The second kappa shape index (κ2) is 8.75. The van der Waals surface area contributed by atoms with Crippen LogP contribution in [0.2, 0.25) is 0 Å². The molecule has 5 nitrogen and oxygen atoms in total. The number of anilines is 1. The largest absolute Gasteiger partial charge is 0.493 e. The van der Waals surface area contributed by atoms with Gasteiger partial charge in [0, 0.05) is 10.5 Å². The highest BCUT2D eigenvalue weighted by molar-refractivity contribution is 9.10. The molecule has 1 amide bonds. The molecule has 0 heterocycles. The lowest BCUT2D eigenvalue weighted by Gasteiger charge is -2.09. The third kappa shape index (κ3) is 4.86. The number of benzene rings is 2. The smallest absolute Gasteiger partial charge is 0.248 e. The van der Waals surface area contributed by atoms with Gasteiger partial charge in [0.2, 0.25) is 5.91 Å². The number of ether oxygens (including phenoxy) is 2. The minimum Gasteiger partial charge on any atom is -0.493 e. The van der Waals surface area contributed by atoms with Gasteiger partial charge in [-0.1, -0.05) is 18.2 Å². The predicted octanol–water partition coefficient (Wildman–Crippen LogP) is 4.01. The third-order valence-electron chi connectivity index (χ3n) is 3.04. The Balaban J connectivity index is 2.07.